The Morgan fingerprint density at radius 1 is 1.04 bits per heavy atom. The number of rotatable bonds is 12. The van der Waals surface area contributed by atoms with Crippen LogP contribution in [0.2, 0.25) is 0 Å². The average Bonchev–Trinajstić information content (AvgIpc) is 2.59. The molecular formula is C20H33NO5. The molecule has 3 atom stereocenters. The highest BCUT2D eigenvalue weighted by atomic mass is 16.5. The third-order valence-electron chi connectivity index (χ3n) is 4.55. The van der Waals surface area contributed by atoms with E-state index in [1.807, 2.05) is 39.8 Å². The van der Waals surface area contributed by atoms with E-state index in [4.69, 9.17) is 25.1 Å². The van der Waals surface area contributed by atoms with Gasteiger partial charge in [-0.15, -0.1) is 0 Å². The van der Waals surface area contributed by atoms with Gasteiger partial charge >= 0.3 is 5.97 Å². The standard InChI is InChI=1S/C20H33NO5/c1-6-14(10-16(21)20(22)23)13(5)19-17(25-8-3)11-15(24-7-2)12-18(19)26-9-4/h11-14,16H,6-10,21H2,1-5H3,(H,22,23). The Morgan fingerprint density at radius 3 is 1.92 bits per heavy atom. The van der Waals surface area contributed by atoms with Gasteiger partial charge in [-0.2, -0.15) is 0 Å². The molecule has 0 aliphatic carbocycles. The summed E-state index contributed by atoms with van der Waals surface area (Å²) in [5.74, 6) is 1.29. The zero-order valence-corrected chi connectivity index (χ0v) is 16.6. The van der Waals surface area contributed by atoms with Crippen LogP contribution in [0, 0.1) is 5.92 Å². The Morgan fingerprint density at radius 2 is 1.54 bits per heavy atom. The maximum atomic E-state index is 11.2. The molecule has 3 N–H and O–H groups in total. The summed E-state index contributed by atoms with van der Waals surface area (Å²) in [5.41, 5.74) is 6.73. The van der Waals surface area contributed by atoms with Crippen LogP contribution in [0.15, 0.2) is 12.1 Å². The summed E-state index contributed by atoms with van der Waals surface area (Å²) in [7, 11) is 0. The van der Waals surface area contributed by atoms with Crippen LogP contribution < -0.4 is 19.9 Å². The predicted molar refractivity (Wildman–Crippen MR) is 102 cm³/mol. The number of carboxylic acid groups (broad SMARTS) is 1. The van der Waals surface area contributed by atoms with Gasteiger partial charge in [-0.25, -0.2) is 0 Å². The SMILES string of the molecule is CCOc1cc(OCC)c(C(C)C(CC)CC(N)C(=O)O)c(OCC)c1. The Labute approximate surface area is 156 Å². The highest BCUT2D eigenvalue weighted by molar-refractivity contribution is 5.73. The van der Waals surface area contributed by atoms with E-state index in [0.717, 1.165) is 23.5 Å². The van der Waals surface area contributed by atoms with Crippen LogP contribution in [0.1, 0.15) is 58.9 Å². The molecule has 0 aromatic heterocycles. The number of aliphatic carboxylic acids is 1. The third kappa shape index (κ3) is 5.80. The molecule has 148 valence electrons. The summed E-state index contributed by atoms with van der Waals surface area (Å²) >= 11 is 0. The van der Waals surface area contributed by atoms with Crippen molar-refractivity contribution in [2.24, 2.45) is 11.7 Å². The fraction of sp³-hybridized carbons (Fsp3) is 0.650. The summed E-state index contributed by atoms with van der Waals surface area (Å²) in [6, 6.07) is 2.88. The lowest BCUT2D eigenvalue weighted by Gasteiger charge is -2.28. The number of nitrogens with two attached hydrogens (primary N) is 1. The molecule has 6 nitrogen and oxygen atoms in total. The van der Waals surface area contributed by atoms with Gasteiger partial charge in [0.2, 0.25) is 0 Å². The molecule has 0 amide bonds. The zero-order chi connectivity index (χ0) is 19.7. The fourth-order valence-corrected chi connectivity index (χ4v) is 3.21. The van der Waals surface area contributed by atoms with Crippen LogP contribution in [0.4, 0.5) is 0 Å². The first-order valence-corrected chi connectivity index (χ1v) is 9.44. The van der Waals surface area contributed by atoms with Gasteiger partial charge in [0.25, 0.3) is 0 Å². The van der Waals surface area contributed by atoms with E-state index < -0.39 is 12.0 Å². The summed E-state index contributed by atoms with van der Waals surface area (Å²) in [4.78, 5) is 11.2. The molecule has 3 unspecified atom stereocenters. The van der Waals surface area contributed by atoms with Crippen LogP contribution in [0.3, 0.4) is 0 Å². The van der Waals surface area contributed by atoms with Gasteiger partial charge in [-0.1, -0.05) is 20.3 Å². The van der Waals surface area contributed by atoms with Crippen LogP contribution >= 0.6 is 0 Å². The minimum absolute atomic E-state index is 0.0316. The van der Waals surface area contributed by atoms with E-state index in [0.29, 0.717) is 32.0 Å². The van der Waals surface area contributed by atoms with Crippen molar-refractivity contribution in [3.8, 4) is 17.2 Å². The lowest BCUT2D eigenvalue weighted by Crippen LogP contribution is -2.33. The first-order valence-electron chi connectivity index (χ1n) is 9.44. The number of carboxylic acids is 1. The van der Waals surface area contributed by atoms with Crippen molar-refractivity contribution in [1.29, 1.82) is 0 Å². The van der Waals surface area contributed by atoms with Crippen molar-refractivity contribution in [2.75, 3.05) is 19.8 Å². The molecule has 26 heavy (non-hydrogen) atoms. The van der Waals surface area contributed by atoms with Gasteiger partial charge in [0.05, 0.1) is 19.8 Å². The van der Waals surface area contributed by atoms with Crippen LogP contribution in [-0.2, 0) is 4.79 Å². The normalized spacial score (nSPS) is 14.4. The molecule has 0 spiro atoms. The molecule has 0 aliphatic heterocycles. The molecule has 0 bridgehead atoms. The lowest BCUT2D eigenvalue weighted by atomic mass is 9.81. The highest BCUT2D eigenvalue weighted by Crippen LogP contribution is 2.44. The number of carbonyl (C=O) groups is 1. The molecule has 1 aromatic carbocycles. The van der Waals surface area contributed by atoms with Gasteiger partial charge in [-0.3, -0.25) is 4.79 Å². The highest BCUT2D eigenvalue weighted by Gasteiger charge is 2.28. The molecular weight excluding hydrogens is 334 g/mol. The summed E-state index contributed by atoms with van der Waals surface area (Å²) < 4.78 is 17.4. The zero-order valence-electron chi connectivity index (χ0n) is 16.6. The maximum absolute atomic E-state index is 11.2. The Balaban J connectivity index is 3.33. The molecule has 0 fully saturated rings. The maximum Gasteiger partial charge on any atom is 0.320 e. The molecule has 0 heterocycles. The first kappa shape index (κ1) is 22.1. The van der Waals surface area contributed by atoms with Gasteiger partial charge < -0.3 is 25.1 Å². The number of hydrogen-bond donors (Lipinski definition) is 2. The third-order valence-corrected chi connectivity index (χ3v) is 4.55. The predicted octanol–water partition coefficient (Wildman–Crippen LogP) is 3.81. The number of ether oxygens (including phenoxy) is 3. The minimum atomic E-state index is -0.975. The van der Waals surface area contributed by atoms with E-state index >= 15 is 0 Å². The smallest absolute Gasteiger partial charge is 0.320 e. The first-order chi connectivity index (χ1) is 12.4. The van der Waals surface area contributed by atoms with E-state index in [9.17, 15) is 4.79 Å². The number of benzene rings is 1. The van der Waals surface area contributed by atoms with Gasteiger partial charge in [0.15, 0.2) is 0 Å². The summed E-state index contributed by atoms with van der Waals surface area (Å²) in [6.45, 7) is 11.5. The second-order valence-electron chi connectivity index (χ2n) is 6.27. The van der Waals surface area contributed by atoms with Crippen molar-refractivity contribution in [3.05, 3.63) is 17.7 Å². The molecule has 1 aromatic rings. The molecule has 0 saturated carbocycles. The molecule has 0 radical (unpaired) electrons. The van der Waals surface area contributed by atoms with Crippen LogP contribution in [-0.4, -0.2) is 36.9 Å². The van der Waals surface area contributed by atoms with Crippen LogP contribution in [0.25, 0.3) is 0 Å². The minimum Gasteiger partial charge on any atom is -0.494 e. The van der Waals surface area contributed by atoms with Crippen molar-refractivity contribution >= 4 is 5.97 Å². The quantitative estimate of drug-likeness (QED) is 0.584. The van der Waals surface area contributed by atoms with Crippen molar-refractivity contribution in [1.82, 2.24) is 0 Å². The second-order valence-corrected chi connectivity index (χ2v) is 6.27. The van der Waals surface area contributed by atoms with Crippen molar-refractivity contribution in [3.63, 3.8) is 0 Å². The average molecular weight is 367 g/mol. The Hall–Kier alpha value is -1.95. The second kappa shape index (κ2) is 10.9. The van der Waals surface area contributed by atoms with E-state index in [-0.39, 0.29) is 11.8 Å². The largest absolute Gasteiger partial charge is 0.494 e. The molecule has 0 saturated heterocycles. The van der Waals surface area contributed by atoms with Gasteiger partial charge in [0, 0.05) is 17.7 Å². The van der Waals surface area contributed by atoms with Crippen molar-refractivity contribution < 1.29 is 24.1 Å². The van der Waals surface area contributed by atoms with Crippen LogP contribution in [0.5, 0.6) is 17.2 Å². The molecule has 0 aliphatic rings. The molecule has 1 rings (SSSR count). The van der Waals surface area contributed by atoms with Gasteiger partial charge in [0.1, 0.15) is 23.3 Å². The van der Waals surface area contributed by atoms with E-state index in [1.165, 1.54) is 0 Å². The van der Waals surface area contributed by atoms with E-state index in [1.54, 1.807) is 0 Å². The van der Waals surface area contributed by atoms with Gasteiger partial charge in [-0.05, 0) is 39.0 Å². The van der Waals surface area contributed by atoms with Crippen molar-refractivity contribution in [2.45, 2.75) is 59.4 Å². The Bertz CT molecular complexity index is 548. The lowest BCUT2D eigenvalue weighted by molar-refractivity contribution is -0.139. The summed E-state index contributed by atoms with van der Waals surface area (Å²) in [6.07, 6.45) is 1.21. The summed E-state index contributed by atoms with van der Waals surface area (Å²) in [5, 5.41) is 9.16. The number of hydrogen-bond acceptors (Lipinski definition) is 5. The monoisotopic (exact) mass is 367 g/mol. The topological polar surface area (TPSA) is 91.0 Å². The molecule has 6 heteroatoms. The fourth-order valence-electron chi connectivity index (χ4n) is 3.21. The Kier molecular flexibility index (Phi) is 9.27. The van der Waals surface area contributed by atoms with E-state index in [2.05, 4.69) is 6.92 Å².